The third-order valence-electron chi connectivity index (χ3n) is 4.92. The number of hydrogen-bond acceptors (Lipinski definition) is 5. The van der Waals surface area contributed by atoms with Crippen molar-refractivity contribution in [3.05, 3.63) is 84.1 Å². The Kier molecular flexibility index (Phi) is 6.56. The SMILES string of the molecule is CCC(Sc1cccc(NC(=O)c2ccc3ccccc3c2)c1)C(=O)Nc1cc(C)on1. The molecule has 0 saturated carbocycles. The van der Waals surface area contributed by atoms with Crippen molar-refractivity contribution in [2.45, 2.75) is 30.4 Å². The summed E-state index contributed by atoms with van der Waals surface area (Å²) in [4.78, 5) is 26.3. The number of thioether (sulfide) groups is 1. The maximum Gasteiger partial charge on any atom is 0.255 e. The van der Waals surface area contributed by atoms with E-state index in [-0.39, 0.29) is 17.1 Å². The van der Waals surface area contributed by atoms with Crippen molar-refractivity contribution >= 4 is 45.9 Å². The van der Waals surface area contributed by atoms with E-state index in [1.54, 1.807) is 13.0 Å². The number of hydrogen-bond donors (Lipinski definition) is 2. The van der Waals surface area contributed by atoms with Crippen molar-refractivity contribution in [2.75, 3.05) is 10.6 Å². The van der Waals surface area contributed by atoms with Gasteiger partial charge in [-0.3, -0.25) is 9.59 Å². The summed E-state index contributed by atoms with van der Waals surface area (Å²) in [6.45, 7) is 3.73. The summed E-state index contributed by atoms with van der Waals surface area (Å²) in [6.07, 6.45) is 0.640. The lowest BCUT2D eigenvalue weighted by atomic mass is 10.1. The largest absolute Gasteiger partial charge is 0.360 e. The van der Waals surface area contributed by atoms with E-state index in [0.717, 1.165) is 15.7 Å². The maximum atomic E-state index is 12.8. The van der Waals surface area contributed by atoms with Gasteiger partial charge >= 0.3 is 0 Å². The minimum atomic E-state index is -0.307. The molecule has 7 heteroatoms. The molecule has 0 radical (unpaired) electrons. The molecule has 1 unspecified atom stereocenters. The fourth-order valence-electron chi connectivity index (χ4n) is 3.30. The van der Waals surface area contributed by atoms with E-state index in [1.807, 2.05) is 73.7 Å². The molecule has 0 spiro atoms. The van der Waals surface area contributed by atoms with Gasteiger partial charge < -0.3 is 15.2 Å². The van der Waals surface area contributed by atoms with E-state index in [0.29, 0.717) is 29.2 Å². The second-order valence-electron chi connectivity index (χ2n) is 7.37. The van der Waals surface area contributed by atoms with Crippen LogP contribution in [0.25, 0.3) is 10.8 Å². The molecule has 0 saturated heterocycles. The number of nitrogens with zero attached hydrogens (tertiary/aromatic N) is 1. The Balaban J connectivity index is 1.43. The summed E-state index contributed by atoms with van der Waals surface area (Å²) < 4.78 is 5.00. The molecule has 0 aliphatic heterocycles. The quantitative estimate of drug-likeness (QED) is 0.346. The van der Waals surface area contributed by atoms with Crippen LogP contribution in [0.15, 0.2) is 82.2 Å². The number of benzene rings is 3. The van der Waals surface area contributed by atoms with Crippen LogP contribution in [-0.2, 0) is 4.79 Å². The van der Waals surface area contributed by atoms with Crippen molar-refractivity contribution < 1.29 is 14.1 Å². The number of carbonyl (C=O) groups excluding carboxylic acids is 2. The van der Waals surface area contributed by atoms with Gasteiger partial charge in [-0.05, 0) is 54.4 Å². The Morgan fingerprint density at radius 3 is 2.53 bits per heavy atom. The summed E-state index contributed by atoms with van der Waals surface area (Å²) in [5.74, 6) is 0.722. The molecule has 2 amide bonds. The molecule has 0 bridgehead atoms. The highest BCUT2D eigenvalue weighted by Crippen LogP contribution is 2.29. The summed E-state index contributed by atoms with van der Waals surface area (Å²) >= 11 is 1.44. The predicted octanol–water partition coefficient (Wildman–Crippen LogP) is 5.90. The van der Waals surface area contributed by atoms with E-state index in [4.69, 9.17) is 4.52 Å². The summed E-state index contributed by atoms with van der Waals surface area (Å²) in [7, 11) is 0. The Labute approximate surface area is 190 Å². The number of carbonyl (C=O) groups is 2. The lowest BCUT2D eigenvalue weighted by molar-refractivity contribution is -0.115. The third-order valence-corrected chi connectivity index (χ3v) is 6.28. The first kappa shape index (κ1) is 21.6. The number of fused-ring (bicyclic) bond motifs is 1. The summed E-state index contributed by atoms with van der Waals surface area (Å²) in [5.41, 5.74) is 1.27. The van der Waals surface area contributed by atoms with Gasteiger partial charge in [0.25, 0.3) is 5.91 Å². The molecule has 4 aromatic rings. The average Bonchev–Trinajstić information content (AvgIpc) is 3.21. The van der Waals surface area contributed by atoms with Crippen LogP contribution in [0.4, 0.5) is 11.5 Å². The van der Waals surface area contributed by atoms with Gasteiger partial charge in [-0.25, -0.2) is 0 Å². The van der Waals surface area contributed by atoms with Crippen molar-refractivity contribution in [3.63, 3.8) is 0 Å². The fourth-order valence-corrected chi connectivity index (χ4v) is 4.31. The Bertz CT molecular complexity index is 1270. The van der Waals surface area contributed by atoms with E-state index < -0.39 is 0 Å². The van der Waals surface area contributed by atoms with E-state index >= 15 is 0 Å². The lowest BCUT2D eigenvalue weighted by Crippen LogP contribution is -2.24. The van der Waals surface area contributed by atoms with Crippen LogP contribution in [0.3, 0.4) is 0 Å². The van der Waals surface area contributed by atoms with Gasteiger partial charge in [0.1, 0.15) is 5.76 Å². The van der Waals surface area contributed by atoms with Crippen molar-refractivity contribution in [2.24, 2.45) is 0 Å². The zero-order valence-electron chi connectivity index (χ0n) is 17.8. The monoisotopic (exact) mass is 445 g/mol. The summed E-state index contributed by atoms with van der Waals surface area (Å²) in [6, 6.07) is 22.7. The van der Waals surface area contributed by atoms with Crippen molar-refractivity contribution in [1.82, 2.24) is 5.16 Å². The molecular formula is C25H23N3O3S. The van der Waals surface area contributed by atoms with Crippen molar-refractivity contribution in [1.29, 1.82) is 0 Å². The molecule has 0 aliphatic carbocycles. The first-order chi connectivity index (χ1) is 15.5. The van der Waals surface area contributed by atoms with Gasteiger partial charge in [-0.15, -0.1) is 11.8 Å². The Morgan fingerprint density at radius 1 is 0.969 bits per heavy atom. The lowest BCUT2D eigenvalue weighted by Gasteiger charge is -2.14. The normalized spacial score (nSPS) is 11.8. The molecule has 0 aliphatic rings. The molecule has 6 nitrogen and oxygen atoms in total. The van der Waals surface area contributed by atoms with Crippen LogP contribution in [0.2, 0.25) is 0 Å². The smallest absolute Gasteiger partial charge is 0.255 e. The minimum Gasteiger partial charge on any atom is -0.360 e. The highest BCUT2D eigenvalue weighted by molar-refractivity contribution is 8.00. The van der Waals surface area contributed by atoms with Gasteiger partial charge in [-0.2, -0.15) is 0 Å². The first-order valence-corrected chi connectivity index (χ1v) is 11.2. The van der Waals surface area contributed by atoms with Crippen LogP contribution in [0.1, 0.15) is 29.5 Å². The Morgan fingerprint density at radius 2 is 1.78 bits per heavy atom. The number of nitrogens with one attached hydrogen (secondary N) is 2. The third kappa shape index (κ3) is 5.18. The minimum absolute atomic E-state index is 0.142. The first-order valence-electron chi connectivity index (χ1n) is 10.3. The van der Waals surface area contributed by atoms with Crippen LogP contribution >= 0.6 is 11.8 Å². The standard InChI is InChI=1S/C25H23N3O3S/c1-3-22(25(30)27-23-13-16(2)31-28-23)32-21-10-6-9-20(15-21)26-24(29)19-12-11-17-7-4-5-8-18(17)14-19/h4-15,22H,3H2,1-2H3,(H,26,29)(H,27,28,30). The molecule has 0 fully saturated rings. The van der Waals surface area contributed by atoms with E-state index in [1.165, 1.54) is 11.8 Å². The summed E-state index contributed by atoms with van der Waals surface area (Å²) in [5, 5.41) is 11.3. The zero-order valence-corrected chi connectivity index (χ0v) is 18.6. The van der Waals surface area contributed by atoms with Gasteiger partial charge in [0.2, 0.25) is 5.91 Å². The number of amides is 2. The molecular weight excluding hydrogens is 422 g/mol. The zero-order chi connectivity index (χ0) is 22.5. The fraction of sp³-hybridized carbons (Fsp3) is 0.160. The molecule has 2 N–H and O–H groups in total. The van der Waals surface area contributed by atoms with E-state index in [9.17, 15) is 9.59 Å². The van der Waals surface area contributed by atoms with Crippen molar-refractivity contribution in [3.8, 4) is 0 Å². The highest BCUT2D eigenvalue weighted by Gasteiger charge is 2.19. The van der Waals surface area contributed by atoms with Crippen LogP contribution in [-0.4, -0.2) is 22.2 Å². The molecule has 1 aromatic heterocycles. The van der Waals surface area contributed by atoms with E-state index in [2.05, 4.69) is 15.8 Å². The number of rotatable bonds is 7. The molecule has 1 heterocycles. The number of aryl methyl sites for hydroxylation is 1. The second kappa shape index (κ2) is 9.70. The molecule has 3 aromatic carbocycles. The number of aromatic nitrogens is 1. The van der Waals surface area contributed by atoms with Gasteiger partial charge in [0.15, 0.2) is 5.82 Å². The van der Waals surface area contributed by atoms with Gasteiger partial charge in [0, 0.05) is 22.2 Å². The number of anilines is 2. The van der Waals surface area contributed by atoms with Crippen LogP contribution in [0.5, 0.6) is 0 Å². The van der Waals surface area contributed by atoms with Crippen LogP contribution in [0, 0.1) is 6.92 Å². The maximum absolute atomic E-state index is 12.8. The predicted molar refractivity (Wildman–Crippen MR) is 128 cm³/mol. The molecule has 1 atom stereocenters. The molecule has 4 rings (SSSR count). The molecule has 32 heavy (non-hydrogen) atoms. The highest BCUT2D eigenvalue weighted by atomic mass is 32.2. The average molecular weight is 446 g/mol. The molecule has 162 valence electrons. The van der Waals surface area contributed by atoms with Crippen LogP contribution < -0.4 is 10.6 Å². The van der Waals surface area contributed by atoms with Gasteiger partial charge in [0.05, 0.1) is 5.25 Å². The van der Waals surface area contributed by atoms with Gasteiger partial charge in [-0.1, -0.05) is 48.5 Å². The Hall–Kier alpha value is -3.58. The topological polar surface area (TPSA) is 84.2 Å². The second-order valence-corrected chi connectivity index (χ2v) is 8.65.